The first-order valence-electron chi connectivity index (χ1n) is 10.9. The van der Waals surface area contributed by atoms with Crippen molar-refractivity contribution in [2.45, 2.75) is 25.9 Å². The molecule has 2 fully saturated rings. The summed E-state index contributed by atoms with van der Waals surface area (Å²) in [6, 6.07) is 13.9. The molecular weight excluding hydrogens is 406 g/mol. The van der Waals surface area contributed by atoms with Crippen molar-refractivity contribution in [2.75, 3.05) is 30.5 Å². The maximum absolute atomic E-state index is 12.5. The van der Waals surface area contributed by atoms with Gasteiger partial charge in [0.1, 0.15) is 5.82 Å². The summed E-state index contributed by atoms with van der Waals surface area (Å²) in [5.74, 6) is 0.566. The van der Waals surface area contributed by atoms with Gasteiger partial charge in [0.25, 0.3) is 5.91 Å². The number of carbonyl (C=O) groups is 2. The Hall–Kier alpha value is -3.29. The van der Waals surface area contributed by atoms with Gasteiger partial charge in [-0.3, -0.25) is 9.59 Å². The molecule has 0 bridgehead atoms. The largest absolute Gasteiger partial charge is 0.376 e. The van der Waals surface area contributed by atoms with Crippen LogP contribution in [0, 0.1) is 12.8 Å². The second-order valence-corrected chi connectivity index (χ2v) is 8.35. The average molecular weight is 431 g/mol. The molecular formula is C25H25N3O4. The van der Waals surface area contributed by atoms with E-state index >= 15 is 0 Å². The lowest BCUT2D eigenvalue weighted by atomic mass is 9.97. The molecule has 32 heavy (non-hydrogen) atoms. The summed E-state index contributed by atoms with van der Waals surface area (Å²) in [6.07, 6.45) is 3.12. The minimum absolute atomic E-state index is 0.0492. The van der Waals surface area contributed by atoms with Gasteiger partial charge in [-0.2, -0.15) is 0 Å². The molecule has 1 aliphatic heterocycles. The predicted octanol–water partition coefficient (Wildman–Crippen LogP) is 3.91. The molecule has 7 nitrogen and oxygen atoms in total. The van der Waals surface area contributed by atoms with E-state index in [1.165, 1.54) is 0 Å². The van der Waals surface area contributed by atoms with Gasteiger partial charge in [0, 0.05) is 23.2 Å². The summed E-state index contributed by atoms with van der Waals surface area (Å²) in [5.41, 5.74) is 3.86. The topological polar surface area (TPSA) is 89.5 Å². The number of nitrogens with zero attached hydrogens (tertiary/aromatic N) is 1. The molecule has 2 aliphatic rings. The molecule has 2 amide bonds. The molecule has 1 saturated heterocycles. The summed E-state index contributed by atoms with van der Waals surface area (Å²) in [5, 5.41) is 7.81. The van der Waals surface area contributed by atoms with Crippen LogP contribution in [0.2, 0.25) is 0 Å². The monoisotopic (exact) mass is 431 g/mol. The van der Waals surface area contributed by atoms with Gasteiger partial charge in [-0.15, -0.1) is 0 Å². The summed E-state index contributed by atoms with van der Waals surface area (Å²) in [4.78, 5) is 28.9. The molecule has 7 heteroatoms. The molecule has 1 atom stereocenters. The summed E-state index contributed by atoms with van der Waals surface area (Å²) < 4.78 is 10.8. The van der Waals surface area contributed by atoms with Gasteiger partial charge in [0.15, 0.2) is 6.10 Å². The fourth-order valence-corrected chi connectivity index (χ4v) is 3.82. The first kappa shape index (κ1) is 20.6. The smallest absolute Gasteiger partial charge is 0.255 e. The number of anilines is 2. The van der Waals surface area contributed by atoms with E-state index in [1.807, 2.05) is 43.3 Å². The number of fused-ring (bicyclic) bond motifs is 1. The predicted molar refractivity (Wildman–Crippen MR) is 122 cm³/mol. The maximum Gasteiger partial charge on any atom is 0.255 e. The van der Waals surface area contributed by atoms with Crippen LogP contribution >= 0.6 is 0 Å². The van der Waals surface area contributed by atoms with Gasteiger partial charge in [0.05, 0.1) is 19.8 Å². The van der Waals surface area contributed by atoms with Crippen molar-refractivity contribution in [1.29, 1.82) is 0 Å². The number of ether oxygens (including phenoxy) is 2. The highest BCUT2D eigenvalue weighted by Crippen LogP contribution is 2.32. The number of nitrogens with one attached hydrogen (secondary N) is 2. The van der Waals surface area contributed by atoms with Crippen molar-refractivity contribution in [1.82, 2.24) is 4.98 Å². The summed E-state index contributed by atoms with van der Waals surface area (Å²) in [6.45, 7) is 3.25. The lowest BCUT2D eigenvalue weighted by molar-refractivity contribution is -0.142. The third kappa shape index (κ3) is 4.49. The molecule has 0 radical (unpaired) electrons. The van der Waals surface area contributed by atoms with Crippen LogP contribution in [0.5, 0.6) is 0 Å². The van der Waals surface area contributed by atoms with Crippen LogP contribution in [0.1, 0.15) is 18.4 Å². The Morgan fingerprint density at radius 3 is 2.62 bits per heavy atom. The first-order valence-corrected chi connectivity index (χ1v) is 10.9. The van der Waals surface area contributed by atoms with E-state index in [0.717, 1.165) is 40.3 Å². The second kappa shape index (κ2) is 8.68. The SMILES string of the molecule is Cc1ccc(NC(=O)[C@H]2COCCO2)cc1-c1ccc2cc(NC(=O)C3CC3)ncc2c1. The van der Waals surface area contributed by atoms with Crippen LogP contribution in [-0.2, 0) is 19.1 Å². The van der Waals surface area contributed by atoms with Crippen molar-refractivity contribution < 1.29 is 19.1 Å². The Kier molecular flexibility index (Phi) is 5.59. The highest BCUT2D eigenvalue weighted by molar-refractivity contribution is 5.97. The Morgan fingerprint density at radius 2 is 1.84 bits per heavy atom. The van der Waals surface area contributed by atoms with Crippen LogP contribution in [0.3, 0.4) is 0 Å². The van der Waals surface area contributed by atoms with E-state index in [4.69, 9.17) is 9.47 Å². The lowest BCUT2D eigenvalue weighted by Crippen LogP contribution is -2.39. The van der Waals surface area contributed by atoms with Gasteiger partial charge >= 0.3 is 0 Å². The van der Waals surface area contributed by atoms with Gasteiger partial charge < -0.3 is 20.1 Å². The lowest BCUT2D eigenvalue weighted by Gasteiger charge is -2.22. The Balaban J connectivity index is 1.37. The quantitative estimate of drug-likeness (QED) is 0.639. The number of hydrogen-bond donors (Lipinski definition) is 2. The third-order valence-electron chi connectivity index (χ3n) is 5.85. The number of amides is 2. The van der Waals surface area contributed by atoms with Crippen molar-refractivity contribution in [3.8, 4) is 11.1 Å². The highest BCUT2D eigenvalue weighted by Gasteiger charge is 2.29. The number of rotatable bonds is 5. The van der Waals surface area contributed by atoms with Crippen LogP contribution < -0.4 is 10.6 Å². The van der Waals surface area contributed by atoms with Crippen molar-refractivity contribution >= 4 is 34.1 Å². The van der Waals surface area contributed by atoms with Crippen molar-refractivity contribution in [3.05, 3.63) is 54.2 Å². The summed E-state index contributed by atoms with van der Waals surface area (Å²) in [7, 11) is 0. The van der Waals surface area contributed by atoms with E-state index in [9.17, 15) is 9.59 Å². The molecule has 1 aliphatic carbocycles. The molecule has 0 unspecified atom stereocenters. The fraction of sp³-hybridized carbons (Fsp3) is 0.320. The number of hydrogen-bond acceptors (Lipinski definition) is 5. The molecule has 164 valence electrons. The molecule has 3 aromatic rings. The average Bonchev–Trinajstić information content (AvgIpc) is 3.66. The highest BCUT2D eigenvalue weighted by atomic mass is 16.6. The van der Waals surface area contributed by atoms with E-state index in [-0.39, 0.29) is 24.3 Å². The van der Waals surface area contributed by atoms with Crippen LogP contribution in [-0.4, -0.2) is 42.7 Å². The number of aromatic nitrogens is 1. The van der Waals surface area contributed by atoms with E-state index in [0.29, 0.717) is 24.7 Å². The number of aryl methyl sites for hydroxylation is 1. The normalized spacial score (nSPS) is 18.3. The van der Waals surface area contributed by atoms with Crippen molar-refractivity contribution in [3.63, 3.8) is 0 Å². The van der Waals surface area contributed by atoms with Crippen LogP contribution in [0.4, 0.5) is 11.5 Å². The van der Waals surface area contributed by atoms with Crippen LogP contribution in [0.15, 0.2) is 48.7 Å². The fourth-order valence-electron chi connectivity index (χ4n) is 3.82. The zero-order valence-electron chi connectivity index (χ0n) is 17.9. The maximum atomic E-state index is 12.5. The minimum Gasteiger partial charge on any atom is -0.376 e. The molecule has 1 aromatic heterocycles. The Bertz CT molecular complexity index is 1180. The first-order chi connectivity index (χ1) is 15.6. The van der Waals surface area contributed by atoms with Gasteiger partial charge in [-0.05, 0) is 66.1 Å². The van der Waals surface area contributed by atoms with E-state index in [1.54, 1.807) is 6.20 Å². The molecule has 2 N–H and O–H groups in total. The van der Waals surface area contributed by atoms with Crippen LogP contribution in [0.25, 0.3) is 21.9 Å². The number of carbonyl (C=O) groups excluding carboxylic acids is 2. The standard InChI is InChI=1S/C25H25N3O4/c1-15-2-7-20(27-25(30)22-14-31-8-9-32-22)12-21(15)18-6-5-17-11-23(26-13-19(17)10-18)28-24(29)16-3-4-16/h2,5-7,10-13,16,22H,3-4,8-9,14H2,1H3,(H,27,30)(H,26,28,29)/t22-/m1/s1. The zero-order chi connectivity index (χ0) is 22.1. The van der Waals surface area contributed by atoms with Gasteiger partial charge in [-0.25, -0.2) is 4.98 Å². The number of benzene rings is 2. The third-order valence-corrected chi connectivity index (χ3v) is 5.85. The Labute approximate surface area is 186 Å². The second-order valence-electron chi connectivity index (χ2n) is 8.35. The molecule has 5 rings (SSSR count). The molecule has 2 aromatic carbocycles. The number of pyridine rings is 1. The van der Waals surface area contributed by atoms with Gasteiger partial charge in [0.2, 0.25) is 5.91 Å². The van der Waals surface area contributed by atoms with Crippen molar-refractivity contribution in [2.24, 2.45) is 5.92 Å². The zero-order valence-corrected chi connectivity index (χ0v) is 17.9. The summed E-state index contributed by atoms with van der Waals surface area (Å²) >= 11 is 0. The molecule has 2 heterocycles. The minimum atomic E-state index is -0.588. The molecule has 0 spiro atoms. The van der Waals surface area contributed by atoms with E-state index < -0.39 is 6.10 Å². The van der Waals surface area contributed by atoms with Gasteiger partial charge in [-0.1, -0.05) is 18.2 Å². The van der Waals surface area contributed by atoms with E-state index in [2.05, 4.69) is 21.7 Å². The molecule has 1 saturated carbocycles. The Morgan fingerprint density at radius 1 is 0.969 bits per heavy atom.